The Balaban J connectivity index is 3.48. The van der Waals surface area contributed by atoms with E-state index in [0.29, 0.717) is 6.47 Å². The van der Waals surface area contributed by atoms with Crippen LogP contribution >= 0.6 is 0 Å². The summed E-state index contributed by atoms with van der Waals surface area (Å²) in [6.45, 7) is 5.07. The van der Waals surface area contributed by atoms with Crippen LogP contribution in [0.2, 0.25) is 0 Å². The van der Waals surface area contributed by atoms with E-state index in [-0.39, 0.29) is 6.10 Å². The average Bonchev–Trinajstić information content (AvgIpc) is 2.34. The van der Waals surface area contributed by atoms with Gasteiger partial charge in [0.25, 0.3) is 6.47 Å². The van der Waals surface area contributed by atoms with Crippen LogP contribution in [0.1, 0.15) is 84.5 Å². The van der Waals surface area contributed by atoms with Gasteiger partial charge in [0.05, 0.1) is 0 Å². The maximum Gasteiger partial charge on any atom is 0.293 e. The van der Waals surface area contributed by atoms with Gasteiger partial charge in [-0.05, 0) is 25.7 Å². The predicted octanol–water partition coefficient (Wildman–Crippen LogP) is 4.86. The summed E-state index contributed by atoms with van der Waals surface area (Å²) in [5.74, 6) is 0. The number of ether oxygens (including phenoxy) is 1. The van der Waals surface area contributed by atoms with E-state index in [2.05, 4.69) is 13.8 Å². The molecule has 0 aliphatic rings. The van der Waals surface area contributed by atoms with Crippen LogP contribution in [0.15, 0.2) is 0 Å². The molecule has 1 unspecified atom stereocenters. The molecule has 0 aromatic rings. The van der Waals surface area contributed by atoms with Crippen molar-refractivity contribution < 1.29 is 9.53 Å². The van der Waals surface area contributed by atoms with Crippen LogP contribution in [0.25, 0.3) is 0 Å². The second kappa shape index (κ2) is 13.5. The Hall–Kier alpha value is -0.530. The van der Waals surface area contributed by atoms with E-state index in [4.69, 9.17) is 4.74 Å². The molecule has 0 bridgehead atoms. The van der Waals surface area contributed by atoms with Crippen molar-refractivity contribution in [3.63, 3.8) is 0 Å². The molecule has 0 aliphatic carbocycles. The first-order valence-electron chi connectivity index (χ1n) is 7.44. The van der Waals surface area contributed by atoms with E-state index in [1.807, 2.05) is 0 Å². The van der Waals surface area contributed by atoms with E-state index in [1.54, 1.807) is 0 Å². The molecule has 0 N–H and O–H groups in total. The quantitative estimate of drug-likeness (QED) is 0.340. The van der Waals surface area contributed by atoms with Gasteiger partial charge in [0.2, 0.25) is 0 Å². The lowest BCUT2D eigenvalue weighted by atomic mass is 10.0. The maximum atomic E-state index is 10.4. The summed E-state index contributed by atoms with van der Waals surface area (Å²) in [6.07, 6.45) is 13.7. The molecular formula is C15H30O2. The van der Waals surface area contributed by atoms with Crippen molar-refractivity contribution in [2.24, 2.45) is 0 Å². The topological polar surface area (TPSA) is 26.3 Å². The van der Waals surface area contributed by atoms with E-state index in [1.165, 1.54) is 57.8 Å². The second-order valence-electron chi connectivity index (χ2n) is 4.91. The van der Waals surface area contributed by atoms with Crippen molar-refractivity contribution in [3.05, 3.63) is 0 Å². The molecule has 0 saturated heterocycles. The normalized spacial score (nSPS) is 12.4. The van der Waals surface area contributed by atoms with Gasteiger partial charge in [-0.3, -0.25) is 4.79 Å². The Morgan fingerprint density at radius 3 is 1.76 bits per heavy atom. The average molecular weight is 242 g/mol. The van der Waals surface area contributed by atoms with E-state index in [9.17, 15) is 4.79 Å². The molecule has 0 saturated carbocycles. The van der Waals surface area contributed by atoms with Gasteiger partial charge in [0.1, 0.15) is 6.10 Å². The highest BCUT2D eigenvalue weighted by atomic mass is 16.5. The summed E-state index contributed by atoms with van der Waals surface area (Å²) >= 11 is 0. The van der Waals surface area contributed by atoms with Crippen LogP contribution in [0.5, 0.6) is 0 Å². The zero-order valence-electron chi connectivity index (χ0n) is 11.7. The highest BCUT2D eigenvalue weighted by molar-refractivity contribution is 5.37. The first-order valence-corrected chi connectivity index (χ1v) is 7.44. The Morgan fingerprint density at radius 2 is 1.29 bits per heavy atom. The molecule has 0 aromatic heterocycles. The number of hydrogen-bond acceptors (Lipinski definition) is 2. The monoisotopic (exact) mass is 242 g/mol. The molecular weight excluding hydrogens is 212 g/mol. The molecule has 0 spiro atoms. The largest absolute Gasteiger partial charge is 0.465 e. The van der Waals surface area contributed by atoms with Gasteiger partial charge in [-0.2, -0.15) is 0 Å². The molecule has 0 aliphatic heterocycles. The minimum absolute atomic E-state index is 0.172. The third-order valence-corrected chi connectivity index (χ3v) is 3.26. The molecule has 2 nitrogen and oxygen atoms in total. The molecule has 2 heteroatoms. The van der Waals surface area contributed by atoms with Gasteiger partial charge >= 0.3 is 0 Å². The smallest absolute Gasteiger partial charge is 0.293 e. The molecule has 0 amide bonds. The van der Waals surface area contributed by atoms with Crippen molar-refractivity contribution in [2.75, 3.05) is 0 Å². The van der Waals surface area contributed by atoms with Gasteiger partial charge < -0.3 is 4.74 Å². The second-order valence-corrected chi connectivity index (χ2v) is 4.91. The fraction of sp³-hybridized carbons (Fsp3) is 0.933. The summed E-state index contributed by atoms with van der Waals surface area (Å²) < 4.78 is 5.15. The molecule has 0 rings (SSSR count). The lowest BCUT2D eigenvalue weighted by Gasteiger charge is -2.14. The summed E-state index contributed by atoms with van der Waals surface area (Å²) in [7, 11) is 0. The van der Waals surface area contributed by atoms with E-state index < -0.39 is 0 Å². The number of unbranched alkanes of at least 4 members (excludes halogenated alkanes) is 7. The Labute approximate surface area is 107 Å². The van der Waals surface area contributed by atoms with Gasteiger partial charge in [0.15, 0.2) is 0 Å². The van der Waals surface area contributed by atoms with Crippen molar-refractivity contribution in [1.82, 2.24) is 0 Å². The fourth-order valence-electron chi connectivity index (χ4n) is 2.13. The lowest BCUT2D eigenvalue weighted by molar-refractivity contribution is -0.134. The van der Waals surface area contributed by atoms with Gasteiger partial charge in [0, 0.05) is 0 Å². The molecule has 0 heterocycles. The van der Waals surface area contributed by atoms with Crippen LogP contribution in [-0.2, 0) is 9.53 Å². The summed E-state index contributed by atoms with van der Waals surface area (Å²) in [5, 5.41) is 0. The van der Waals surface area contributed by atoms with Crippen LogP contribution in [-0.4, -0.2) is 12.6 Å². The van der Waals surface area contributed by atoms with Gasteiger partial charge in [-0.1, -0.05) is 58.8 Å². The molecule has 0 radical (unpaired) electrons. The molecule has 17 heavy (non-hydrogen) atoms. The van der Waals surface area contributed by atoms with Crippen molar-refractivity contribution in [3.8, 4) is 0 Å². The highest BCUT2D eigenvalue weighted by Gasteiger charge is 2.08. The van der Waals surface area contributed by atoms with Crippen LogP contribution in [0, 0.1) is 0 Å². The minimum atomic E-state index is 0.172. The van der Waals surface area contributed by atoms with Crippen molar-refractivity contribution in [1.29, 1.82) is 0 Å². The SMILES string of the molecule is CCCCCCCC(CCCCCC)OC=O. The maximum absolute atomic E-state index is 10.4. The van der Waals surface area contributed by atoms with E-state index >= 15 is 0 Å². The summed E-state index contributed by atoms with van der Waals surface area (Å²) in [6, 6.07) is 0. The predicted molar refractivity (Wildman–Crippen MR) is 73.1 cm³/mol. The van der Waals surface area contributed by atoms with Crippen molar-refractivity contribution >= 4 is 6.47 Å². The lowest BCUT2D eigenvalue weighted by Crippen LogP contribution is -2.12. The van der Waals surface area contributed by atoms with Gasteiger partial charge in [-0.25, -0.2) is 0 Å². The third kappa shape index (κ3) is 11.7. The zero-order valence-corrected chi connectivity index (χ0v) is 11.7. The summed E-state index contributed by atoms with van der Waals surface area (Å²) in [4.78, 5) is 10.4. The highest BCUT2D eigenvalue weighted by Crippen LogP contribution is 2.15. The Morgan fingerprint density at radius 1 is 0.824 bits per heavy atom. The van der Waals surface area contributed by atoms with Gasteiger partial charge in [-0.15, -0.1) is 0 Å². The first-order chi connectivity index (χ1) is 8.35. The number of rotatable bonds is 13. The molecule has 0 fully saturated rings. The fourth-order valence-corrected chi connectivity index (χ4v) is 2.13. The third-order valence-electron chi connectivity index (χ3n) is 3.26. The van der Waals surface area contributed by atoms with Crippen LogP contribution in [0.3, 0.4) is 0 Å². The van der Waals surface area contributed by atoms with E-state index in [0.717, 1.165) is 12.8 Å². The number of carbonyl (C=O) groups is 1. The summed E-state index contributed by atoms with van der Waals surface area (Å²) in [5.41, 5.74) is 0. The van der Waals surface area contributed by atoms with Crippen molar-refractivity contribution in [2.45, 2.75) is 90.6 Å². The number of carbonyl (C=O) groups excluding carboxylic acids is 1. The molecule has 0 aromatic carbocycles. The Kier molecular flexibility index (Phi) is 13.1. The first kappa shape index (κ1) is 16.5. The standard InChI is InChI=1S/C15H30O2/c1-3-5-7-9-11-13-15(17-14-16)12-10-8-6-4-2/h14-15H,3-13H2,1-2H3. The molecule has 102 valence electrons. The zero-order chi connectivity index (χ0) is 12.8. The molecule has 1 atom stereocenters. The Bertz CT molecular complexity index is 157. The van der Waals surface area contributed by atoms with Crippen LogP contribution < -0.4 is 0 Å². The minimum Gasteiger partial charge on any atom is -0.465 e. The van der Waals surface area contributed by atoms with Crippen LogP contribution in [0.4, 0.5) is 0 Å². The number of hydrogen-bond donors (Lipinski definition) is 0.